The van der Waals surface area contributed by atoms with Gasteiger partial charge in [0, 0.05) is 18.2 Å². The predicted molar refractivity (Wildman–Crippen MR) is 46.2 cm³/mol. The molecule has 1 aromatic rings. The van der Waals surface area contributed by atoms with Gasteiger partial charge in [0.1, 0.15) is 11.6 Å². The smallest absolute Gasteiger partial charge is 0.131 e. The Hall–Kier alpha value is -1.13. The van der Waals surface area contributed by atoms with Crippen molar-refractivity contribution in [2.24, 2.45) is 0 Å². The molecule has 72 valence electrons. The lowest BCUT2D eigenvalue weighted by Gasteiger charge is -2.05. The molecule has 0 bridgehead atoms. The van der Waals surface area contributed by atoms with E-state index in [4.69, 9.17) is 9.94 Å². The Morgan fingerprint density at radius 2 is 2.31 bits per heavy atom. The van der Waals surface area contributed by atoms with E-state index in [9.17, 15) is 4.39 Å². The normalized spacial score (nSPS) is 10.1. The molecule has 0 fully saturated rings. The van der Waals surface area contributed by atoms with Crippen LogP contribution in [0, 0.1) is 5.82 Å². The van der Waals surface area contributed by atoms with Gasteiger partial charge in [-0.2, -0.15) is 0 Å². The first-order chi connectivity index (χ1) is 6.27. The van der Waals surface area contributed by atoms with Crippen LogP contribution in [-0.4, -0.2) is 11.8 Å². The SMILES string of the molecule is CCOc1ccc(CNO)c(F)c1. The number of rotatable bonds is 4. The highest BCUT2D eigenvalue weighted by Crippen LogP contribution is 2.16. The summed E-state index contributed by atoms with van der Waals surface area (Å²) in [5, 5.41) is 8.37. The van der Waals surface area contributed by atoms with Crippen molar-refractivity contribution >= 4 is 0 Å². The average molecular weight is 185 g/mol. The molecule has 13 heavy (non-hydrogen) atoms. The standard InChI is InChI=1S/C9H12FNO2/c1-2-13-8-4-3-7(6-11-12)9(10)5-8/h3-5,11-12H,2,6H2,1H3. The van der Waals surface area contributed by atoms with Crippen molar-refractivity contribution in [3.8, 4) is 5.75 Å². The Bertz CT molecular complexity index is 278. The van der Waals surface area contributed by atoms with Crippen molar-refractivity contribution in [3.05, 3.63) is 29.6 Å². The van der Waals surface area contributed by atoms with Gasteiger partial charge in [0.15, 0.2) is 0 Å². The highest BCUT2D eigenvalue weighted by Gasteiger charge is 2.02. The summed E-state index contributed by atoms with van der Waals surface area (Å²) in [4.78, 5) is 0. The predicted octanol–water partition coefficient (Wildman–Crippen LogP) is 1.70. The van der Waals surface area contributed by atoms with Gasteiger partial charge in [-0.15, -0.1) is 0 Å². The fraction of sp³-hybridized carbons (Fsp3) is 0.333. The van der Waals surface area contributed by atoms with Crippen LogP contribution in [0.15, 0.2) is 18.2 Å². The number of nitrogens with one attached hydrogen (secondary N) is 1. The maximum absolute atomic E-state index is 13.1. The second-order valence-corrected chi connectivity index (χ2v) is 2.52. The topological polar surface area (TPSA) is 41.5 Å². The van der Waals surface area contributed by atoms with Crippen LogP contribution in [0.4, 0.5) is 4.39 Å². The van der Waals surface area contributed by atoms with Crippen LogP contribution in [0.5, 0.6) is 5.75 Å². The zero-order valence-corrected chi connectivity index (χ0v) is 7.38. The molecule has 1 aromatic carbocycles. The van der Waals surface area contributed by atoms with Gasteiger partial charge in [-0.05, 0) is 13.0 Å². The molecule has 0 saturated carbocycles. The number of hydroxylamine groups is 1. The minimum absolute atomic E-state index is 0.0955. The van der Waals surface area contributed by atoms with Crippen molar-refractivity contribution in [3.63, 3.8) is 0 Å². The van der Waals surface area contributed by atoms with Crippen LogP contribution in [0.1, 0.15) is 12.5 Å². The maximum Gasteiger partial charge on any atom is 0.131 e. The quantitative estimate of drug-likeness (QED) is 0.701. The van der Waals surface area contributed by atoms with E-state index in [0.717, 1.165) is 0 Å². The molecule has 1 rings (SSSR count). The van der Waals surface area contributed by atoms with E-state index in [-0.39, 0.29) is 12.4 Å². The Balaban J connectivity index is 2.79. The summed E-state index contributed by atoms with van der Waals surface area (Å²) in [6.07, 6.45) is 0. The third-order valence-electron chi connectivity index (χ3n) is 1.61. The van der Waals surface area contributed by atoms with E-state index in [1.165, 1.54) is 6.07 Å². The third kappa shape index (κ3) is 2.68. The fourth-order valence-corrected chi connectivity index (χ4v) is 1.01. The molecule has 0 aliphatic heterocycles. The second kappa shape index (κ2) is 4.79. The molecule has 0 radical (unpaired) electrons. The van der Waals surface area contributed by atoms with Gasteiger partial charge >= 0.3 is 0 Å². The Labute approximate surface area is 76.1 Å². The summed E-state index contributed by atoms with van der Waals surface area (Å²) in [7, 11) is 0. The lowest BCUT2D eigenvalue weighted by atomic mass is 10.2. The van der Waals surface area contributed by atoms with Crippen molar-refractivity contribution < 1.29 is 14.3 Å². The van der Waals surface area contributed by atoms with Gasteiger partial charge in [-0.25, -0.2) is 9.87 Å². The minimum Gasteiger partial charge on any atom is -0.494 e. The number of benzene rings is 1. The summed E-state index contributed by atoms with van der Waals surface area (Å²) in [6.45, 7) is 2.44. The molecule has 3 nitrogen and oxygen atoms in total. The van der Waals surface area contributed by atoms with Crippen molar-refractivity contribution in [1.82, 2.24) is 5.48 Å². The summed E-state index contributed by atoms with van der Waals surface area (Å²) in [5.74, 6) is 0.120. The highest BCUT2D eigenvalue weighted by atomic mass is 19.1. The van der Waals surface area contributed by atoms with Crippen LogP contribution in [0.25, 0.3) is 0 Å². The van der Waals surface area contributed by atoms with Crippen molar-refractivity contribution in [1.29, 1.82) is 0 Å². The lowest BCUT2D eigenvalue weighted by Crippen LogP contribution is -2.07. The highest BCUT2D eigenvalue weighted by molar-refractivity contribution is 5.28. The largest absolute Gasteiger partial charge is 0.494 e. The molecule has 0 spiro atoms. The fourth-order valence-electron chi connectivity index (χ4n) is 1.01. The molecule has 0 amide bonds. The van der Waals surface area contributed by atoms with Crippen LogP contribution in [-0.2, 0) is 6.54 Å². The second-order valence-electron chi connectivity index (χ2n) is 2.52. The van der Waals surface area contributed by atoms with E-state index >= 15 is 0 Å². The molecule has 0 saturated heterocycles. The molecular weight excluding hydrogens is 173 g/mol. The molecule has 2 N–H and O–H groups in total. The van der Waals surface area contributed by atoms with E-state index < -0.39 is 0 Å². The van der Waals surface area contributed by atoms with Gasteiger partial charge in [0.25, 0.3) is 0 Å². The lowest BCUT2D eigenvalue weighted by molar-refractivity contribution is 0.160. The number of hydrogen-bond donors (Lipinski definition) is 2. The maximum atomic E-state index is 13.1. The van der Waals surface area contributed by atoms with Gasteiger partial charge in [0.2, 0.25) is 0 Å². The first-order valence-electron chi connectivity index (χ1n) is 4.06. The first-order valence-corrected chi connectivity index (χ1v) is 4.06. The van der Waals surface area contributed by atoms with Crippen molar-refractivity contribution in [2.45, 2.75) is 13.5 Å². The van der Waals surface area contributed by atoms with E-state index in [0.29, 0.717) is 17.9 Å². The monoisotopic (exact) mass is 185 g/mol. The molecule has 0 aliphatic rings. The molecule has 0 heterocycles. The number of halogens is 1. The molecular formula is C9H12FNO2. The number of hydrogen-bond acceptors (Lipinski definition) is 3. The van der Waals surface area contributed by atoms with Crippen LogP contribution < -0.4 is 10.2 Å². The summed E-state index contributed by atoms with van der Waals surface area (Å²) >= 11 is 0. The zero-order valence-electron chi connectivity index (χ0n) is 7.38. The molecule has 0 aliphatic carbocycles. The Kier molecular flexibility index (Phi) is 3.67. The van der Waals surface area contributed by atoms with E-state index in [1.54, 1.807) is 12.1 Å². The van der Waals surface area contributed by atoms with Gasteiger partial charge in [-0.1, -0.05) is 6.07 Å². The first kappa shape index (κ1) is 9.95. The molecule has 0 aromatic heterocycles. The zero-order chi connectivity index (χ0) is 9.68. The third-order valence-corrected chi connectivity index (χ3v) is 1.61. The Morgan fingerprint density at radius 1 is 1.54 bits per heavy atom. The molecule has 0 atom stereocenters. The van der Waals surface area contributed by atoms with Gasteiger partial charge < -0.3 is 9.94 Å². The summed E-state index contributed by atoms with van der Waals surface area (Å²) < 4.78 is 18.2. The van der Waals surface area contributed by atoms with Crippen molar-refractivity contribution in [2.75, 3.05) is 6.61 Å². The minimum atomic E-state index is -0.382. The van der Waals surface area contributed by atoms with Gasteiger partial charge in [0.05, 0.1) is 6.61 Å². The van der Waals surface area contributed by atoms with Crippen LogP contribution in [0.2, 0.25) is 0 Å². The summed E-state index contributed by atoms with van der Waals surface area (Å²) in [5.41, 5.74) is 2.30. The number of ether oxygens (including phenoxy) is 1. The molecule has 4 heteroatoms. The average Bonchev–Trinajstić information content (AvgIpc) is 2.10. The van der Waals surface area contributed by atoms with E-state index in [1.807, 2.05) is 12.4 Å². The van der Waals surface area contributed by atoms with E-state index in [2.05, 4.69) is 0 Å². The Morgan fingerprint density at radius 3 is 2.85 bits per heavy atom. The van der Waals surface area contributed by atoms with Crippen LogP contribution >= 0.6 is 0 Å². The van der Waals surface area contributed by atoms with Gasteiger partial charge in [-0.3, -0.25) is 0 Å². The summed E-state index contributed by atoms with van der Waals surface area (Å²) in [6, 6.07) is 4.54. The van der Waals surface area contributed by atoms with Crippen LogP contribution in [0.3, 0.4) is 0 Å². The molecule has 0 unspecified atom stereocenters.